The van der Waals surface area contributed by atoms with Gasteiger partial charge in [-0.25, -0.2) is 4.39 Å². The molecular formula is C22H20ClFN2O6S. The van der Waals surface area contributed by atoms with Crippen LogP contribution in [0, 0.1) is 5.82 Å². The van der Waals surface area contributed by atoms with E-state index in [1.54, 1.807) is 12.1 Å². The van der Waals surface area contributed by atoms with Gasteiger partial charge in [0.05, 0.1) is 36.8 Å². The first-order valence-corrected chi connectivity index (χ1v) is 10.8. The smallest absolute Gasteiger partial charge is 0.293 e. The lowest BCUT2D eigenvalue weighted by atomic mass is 10.1. The van der Waals surface area contributed by atoms with Gasteiger partial charge in [-0.2, -0.15) is 0 Å². The number of benzene rings is 2. The summed E-state index contributed by atoms with van der Waals surface area (Å²) in [7, 11) is 4.42. The van der Waals surface area contributed by atoms with Crippen molar-refractivity contribution in [2.24, 2.45) is 0 Å². The van der Waals surface area contributed by atoms with Crippen LogP contribution in [0.5, 0.6) is 17.2 Å². The molecule has 3 rings (SSSR count). The lowest BCUT2D eigenvalue weighted by Gasteiger charge is -2.14. The maximum Gasteiger partial charge on any atom is 0.293 e. The van der Waals surface area contributed by atoms with Gasteiger partial charge in [-0.1, -0.05) is 17.7 Å². The molecule has 1 N–H and O–H groups in total. The molecule has 1 heterocycles. The van der Waals surface area contributed by atoms with Gasteiger partial charge in [-0.15, -0.1) is 0 Å². The Balaban J connectivity index is 1.71. The van der Waals surface area contributed by atoms with Crippen molar-refractivity contribution in [3.63, 3.8) is 0 Å². The van der Waals surface area contributed by atoms with Gasteiger partial charge in [0.25, 0.3) is 17.1 Å². The van der Waals surface area contributed by atoms with Crippen LogP contribution >= 0.6 is 23.4 Å². The summed E-state index contributed by atoms with van der Waals surface area (Å²) in [6.07, 6.45) is 1.53. The molecule has 0 aliphatic carbocycles. The number of amides is 3. The van der Waals surface area contributed by atoms with Crippen molar-refractivity contribution in [2.45, 2.75) is 0 Å². The first kappa shape index (κ1) is 24.4. The van der Waals surface area contributed by atoms with E-state index in [1.165, 1.54) is 39.5 Å². The second kappa shape index (κ2) is 10.6. The van der Waals surface area contributed by atoms with E-state index in [1.807, 2.05) is 0 Å². The number of rotatable bonds is 8. The quantitative estimate of drug-likeness (QED) is 0.555. The molecule has 11 heteroatoms. The van der Waals surface area contributed by atoms with E-state index < -0.39 is 22.9 Å². The number of carbonyl (C=O) groups excluding carboxylic acids is 3. The minimum absolute atomic E-state index is 0.0352. The van der Waals surface area contributed by atoms with Gasteiger partial charge in [0.1, 0.15) is 5.82 Å². The van der Waals surface area contributed by atoms with Crippen LogP contribution in [0.15, 0.2) is 35.2 Å². The number of nitrogens with one attached hydrogen (secondary N) is 1. The summed E-state index contributed by atoms with van der Waals surface area (Å²) in [5.74, 6) is -0.820. The minimum Gasteiger partial charge on any atom is -0.493 e. The predicted octanol–water partition coefficient (Wildman–Crippen LogP) is 3.97. The molecule has 0 unspecified atom stereocenters. The van der Waals surface area contributed by atoms with Crippen molar-refractivity contribution in [3.8, 4) is 17.2 Å². The molecule has 3 amide bonds. The Morgan fingerprint density at radius 3 is 2.39 bits per heavy atom. The van der Waals surface area contributed by atoms with Crippen molar-refractivity contribution in [1.29, 1.82) is 0 Å². The number of nitrogens with zero attached hydrogens (tertiary/aromatic N) is 1. The van der Waals surface area contributed by atoms with Crippen molar-refractivity contribution in [3.05, 3.63) is 57.2 Å². The third-order valence-corrected chi connectivity index (χ3v) is 5.89. The van der Waals surface area contributed by atoms with E-state index in [0.29, 0.717) is 22.8 Å². The second-order valence-corrected chi connectivity index (χ2v) is 8.04. The molecule has 0 spiro atoms. The Kier molecular flexibility index (Phi) is 7.83. The highest BCUT2D eigenvalue weighted by Crippen LogP contribution is 2.40. The fraction of sp³-hybridized carbons (Fsp3) is 0.227. The van der Waals surface area contributed by atoms with Crippen LogP contribution in [0.25, 0.3) is 6.08 Å². The third-order valence-electron chi connectivity index (χ3n) is 4.67. The summed E-state index contributed by atoms with van der Waals surface area (Å²) >= 11 is 6.64. The Labute approximate surface area is 198 Å². The van der Waals surface area contributed by atoms with Gasteiger partial charge in [0, 0.05) is 13.1 Å². The molecule has 0 bridgehead atoms. The molecule has 1 aliphatic rings. The van der Waals surface area contributed by atoms with Gasteiger partial charge in [-0.05, 0) is 47.7 Å². The molecule has 0 aromatic heterocycles. The number of thioether (sulfide) groups is 1. The summed E-state index contributed by atoms with van der Waals surface area (Å²) < 4.78 is 29.7. The molecule has 1 fully saturated rings. The number of methoxy groups -OCH3 is 3. The first-order valence-electron chi connectivity index (χ1n) is 9.58. The standard InChI is InChI=1S/C22H20ClFN2O6S/c1-30-15-9-12(10-16(31-2)19(15)32-3)11-17-21(28)26(22(29)33-17)8-7-25-20(27)18-13(23)5-4-6-14(18)24/h4-6,9-11H,7-8H2,1-3H3,(H,25,27)/b17-11-. The van der Waals surface area contributed by atoms with Gasteiger partial charge < -0.3 is 19.5 Å². The van der Waals surface area contributed by atoms with Crippen LogP contribution in [0.1, 0.15) is 15.9 Å². The van der Waals surface area contributed by atoms with Crippen molar-refractivity contribution >= 4 is 46.5 Å². The topological polar surface area (TPSA) is 94.2 Å². The van der Waals surface area contributed by atoms with Crippen molar-refractivity contribution in [2.75, 3.05) is 34.4 Å². The van der Waals surface area contributed by atoms with Crippen LogP contribution in [-0.2, 0) is 4.79 Å². The summed E-state index contributed by atoms with van der Waals surface area (Å²) in [5, 5.41) is 1.95. The molecule has 1 aliphatic heterocycles. The maximum atomic E-state index is 13.9. The van der Waals surface area contributed by atoms with Crippen LogP contribution in [0.2, 0.25) is 5.02 Å². The van der Waals surface area contributed by atoms with Crippen LogP contribution < -0.4 is 19.5 Å². The zero-order valence-corrected chi connectivity index (χ0v) is 19.5. The van der Waals surface area contributed by atoms with E-state index >= 15 is 0 Å². The molecule has 2 aromatic rings. The summed E-state index contributed by atoms with van der Waals surface area (Å²) in [6, 6.07) is 7.19. The summed E-state index contributed by atoms with van der Waals surface area (Å²) in [6.45, 7) is -0.159. The molecule has 2 aromatic carbocycles. The Bertz CT molecular complexity index is 1090. The number of halogens is 2. The van der Waals surface area contributed by atoms with Crippen LogP contribution in [0.4, 0.5) is 9.18 Å². The SMILES string of the molecule is COc1cc(/C=C2\SC(=O)N(CCNC(=O)c3c(F)cccc3Cl)C2=O)cc(OC)c1OC. The normalized spacial score (nSPS) is 14.6. The zero-order valence-electron chi connectivity index (χ0n) is 17.9. The molecule has 0 atom stereocenters. The van der Waals surface area contributed by atoms with E-state index in [9.17, 15) is 18.8 Å². The highest BCUT2D eigenvalue weighted by atomic mass is 35.5. The van der Waals surface area contributed by atoms with E-state index in [4.69, 9.17) is 25.8 Å². The first-order chi connectivity index (χ1) is 15.8. The monoisotopic (exact) mass is 494 g/mol. The summed E-state index contributed by atoms with van der Waals surface area (Å²) in [4.78, 5) is 38.5. The number of carbonyl (C=O) groups is 3. The Hall–Kier alpha value is -3.24. The molecule has 0 radical (unpaired) electrons. The molecule has 1 saturated heterocycles. The lowest BCUT2D eigenvalue weighted by Crippen LogP contribution is -2.37. The summed E-state index contributed by atoms with van der Waals surface area (Å²) in [5.41, 5.74) is 0.271. The molecule has 33 heavy (non-hydrogen) atoms. The largest absolute Gasteiger partial charge is 0.493 e. The van der Waals surface area contributed by atoms with E-state index in [0.717, 1.165) is 22.7 Å². The minimum atomic E-state index is -0.764. The van der Waals surface area contributed by atoms with Gasteiger partial charge in [0.2, 0.25) is 5.75 Å². The molecule has 0 saturated carbocycles. The number of imide groups is 1. The zero-order chi connectivity index (χ0) is 24.1. The highest BCUT2D eigenvalue weighted by molar-refractivity contribution is 8.18. The second-order valence-electron chi connectivity index (χ2n) is 6.64. The molecular weight excluding hydrogens is 475 g/mol. The number of ether oxygens (including phenoxy) is 3. The fourth-order valence-electron chi connectivity index (χ4n) is 3.11. The number of hydrogen-bond donors (Lipinski definition) is 1. The molecule has 174 valence electrons. The van der Waals surface area contributed by atoms with Crippen LogP contribution in [-0.4, -0.2) is 56.4 Å². The van der Waals surface area contributed by atoms with Gasteiger partial charge in [0.15, 0.2) is 11.5 Å². The number of hydrogen-bond acceptors (Lipinski definition) is 7. The van der Waals surface area contributed by atoms with Crippen molar-refractivity contribution < 1.29 is 33.0 Å². The highest BCUT2D eigenvalue weighted by Gasteiger charge is 2.35. The fourth-order valence-corrected chi connectivity index (χ4v) is 4.23. The van der Waals surface area contributed by atoms with E-state index in [2.05, 4.69) is 5.32 Å². The predicted molar refractivity (Wildman–Crippen MR) is 123 cm³/mol. The third kappa shape index (κ3) is 5.23. The van der Waals surface area contributed by atoms with Crippen molar-refractivity contribution in [1.82, 2.24) is 10.2 Å². The average molecular weight is 495 g/mol. The Morgan fingerprint density at radius 2 is 1.82 bits per heavy atom. The lowest BCUT2D eigenvalue weighted by molar-refractivity contribution is -0.122. The average Bonchev–Trinajstić information content (AvgIpc) is 3.05. The maximum absolute atomic E-state index is 13.9. The van der Waals surface area contributed by atoms with Gasteiger partial charge >= 0.3 is 0 Å². The van der Waals surface area contributed by atoms with Gasteiger partial charge in [-0.3, -0.25) is 19.3 Å². The molecule has 8 nitrogen and oxygen atoms in total. The Morgan fingerprint density at radius 1 is 1.15 bits per heavy atom. The van der Waals surface area contributed by atoms with E-state index in [-0.39, 0.29) is 28.6 Å². The van der Waals surface area contributed by atoms with Crippen LogP contribution in [0.3, 0.4) is 0 Å².